The lowest BCUT2D eigenvalue weighted by Gasteiger charge is -2.16. The number of nitrogens with two attached hydrogens (primary N) is 1. The molecule has 0 aliphatic heterocycles. The van der Waals surface area contributed by atoms with Crippen molar-refractivity contribution in [3.63, 3.8) is 0 Å². The zero-order chi connectivity index (χ0) is 15.6. The molecule has 3 aromatic rings. The largest absolute Gasteiger partial charge is 0.383 e. The van der Waals surface area contributed by atoms with E-state index < -0.39 is 0 Å². The van der Waals surface area contributed by atoms with E-state index >= 15 is 0 Å². The molecule has 0 atom stereocenters. The first-order chi connectivity index (χ1) is 11.3. The molecule has 1 heterocycles. The number of anilines is 1. The van der Waals surface area contributed by atoms with E-state index in [4.69, 9.17) is 10.7 Å². The minimum atomic E-state index is 0.532. The van der Waals surface area contributed by atoms with Gasteiger partial charge in [0, 0.05) is 11.0 Å². The summed E-state index contributed by atoms with van der Waals surface area (Å²) in [4.78, 5) is 9.29. The van der Waals surface area contributed by atoms with Crippen LogP contribution in [0.5, 0.6) is 0 Å². The molecule has 3 nitrogen and oxygen atoms in total. The Kier molecular flexibility index (Phi) is 3.39. The highest BCUT2D eigenvalue weighted by molar-refractivity contribution is 6.05. The predicted octanol–water partition coefficient (Wildman–Crippen LogP) is 4.47. The lowest BCUT2D eigenvalue weighted by atomic mass is 9.91. The number of nitrogens with zero attached hydrogens (tertiary/aromatic N) is 2. The summed E-state index contributed by atoms with van der Waals surface area (Å²) < 4.78 is 0. The average Bonchev–Trinajstić information content (AvgIpc) is 2.62. The summed E-state index contributed by atoms with van der Waals surface area (Å²) in [5.74, 6) is 1.24. The van der Waals surface area contributed by atoms with Crippen molar-refractivity contribution in [1.82, 2.24) is 9.97 Å². The van der Waals surface area contributed by atoms with Gasteiger partial charge in [0.25, 0.3) is 0 Å². The molecule has 4 rings (SSSR count). The number of nitrogen functional groups attached to an aromatic ring is 1. The van der Waals surface area contributed by atoms with Crippen LogP contribution in [0.3, 0.4) is 0 Å². The summed E-state index contributed by atoms with van der Waals surface area (Å²) in [6.45, 7) is 0. The second kappa shape index (κ2) is 5.69. The lowest BCUT2D eigenvalue weighted by Crippen LogP contribution is -2.03. The number of benzene rings is 2. The standard InChI is InChI=1S/C20H17N3/c21-19-17-12-6-7-13-18(17)22-20(23-19)16-11-5-4-10-15(16)14-8-2-1-3-9-14/h1-3,6-13H,4-5H2,(H2,21,22,23). The minimum absolute atomic E-state index is 0.532. The average molecular weight is 299 g/mol. The smallest absolute Gasteiger partial charge is 0.162 e. The van der Waals surface area contributed by atoms with Crippen LogP contribution in [-0.2, 0) is 0 Å². The van der Waals surface area contributed by atoms with Crippen molar-refractivity contribution >= 4 is 27.9 Å². The van der Waals surface area contributed by atoms with Gasteiger partial charge in [-0.05, 0) is 36.1 Å². The highest BCUT2D eigenvalue weighted by Gasteiger charge is 2.17. The summed E-state index contributed by atoms with van der Waals surface area (Å²) in [6.07, 6.45) is 6.52. The molecule has 23 heavy (non-hydrogen) atoms. The second-order valence-electron chi connectivity index (χ2n) is 5.63. The van der Waals surface area contributed by atoms with Crippen LogP contribution in [0.4, 0.5) is 5.82 Å². The zero-order valence-electron chi connectivity index (χ0n) is 12.7. The molecule has 1 aromatic heterocycles. The molecule has 0 amide bonds. The van der Waals surface area contributed by atoms with Gasteiger partial charge in [-0.3, -0.25) is 0 Å². The van der Waals surface area contributed by atoms with Crippen molar-refractivity contribution in [3.8, 4) is 0 Å². The van der Waals surface area contributed by atoms with Crippen LogP contribution in [0.25, 0.3) is 22.0 Å². The van der Waals surface area contributed by atoms with E-state index in [2.05, 4.69) is 41.4 Å². The van der Waals surface area contributed by atoms with Gasteiger partial charge < -0.3 is 5.73 Å². The number of allylic oxidation sites excluding steroid dienone is 4. The van der Waals surface area contributed by atoms with Gasteiger partial charge in [-0.25, -0.2) is 9.97 Å². The molecule has 3 heteroatoms. The predicted molar refractivity (Wildman–Crippen MR) is 95.6 cm³/mol. The summed E-state index contributed by atoms with van der Waals surface area (Å²) in [7, 11) is 0. The Morgan fingerprint density at radius 1 is 0.739 bits per heavy atom. The van der Waals surface area contributed by atoms with Crippen LogP contribution < -0.4 is 5.73 Å². The highest BCUT2D eigenvalue weighted by Crippen LogP contribution is 2.34. The summed E-state index contributed by atoms with van der Waals surface area (Å²) in [6, 6.07) is 18.2. The molecule has 2 N–H and O–H groups in total. The molecule has 0 spiro atoms. The van der Waals surface area contributed by atoms with E-state index in [1.807, 2.05) is 30.3 Å². The lowest BCUT2D eigenvalue weighted by molar-refractivity contribution is 1.03. The fraction of sp³-hybridized carbons (Fsp3) is 0.100. The fourth-order valence-electron chi connectivity index (χ4n) is 3.00. The number of rotatable bonds is 2. The SMILES string of the molecule is Nc1nc(C2=CCCC=C2c2ccccc2)nc2ccccc12. The first-order valence-electron chi connectivity index (χ1n) is 7.81. The molecular weight excluding hydrogens is 282 g/mol. The van der Waals surface area contributed by atoms with E-state index in [-0.39, 0.29) is 0 Å². The maximum atomic E-state index is 6.15. The van der Waals surface area contributed by atoms with Crippen molar-refractivity contribution in [2.75, 3.05) is 5.73 Å². The second-order valence-corrected chi connectivity index (χ2v) is 5.63. The quantitative estimate of drug-likeness (QED) is 0.759. The summed E-state index contributed by atoms with van der Waals surface area (Å²) >= 11 is 0. The Labute approximate surface area is 135 Å². The number of hydrogen-bond donors (Lipinski definition) is 1. The van der Waals surface area contributed by atoms with Crippen LogP contribution >= 0.6 is 0 Å². The van der Waals surface area contributed by atoms with Crippen LogP contribution in [0, 0.1) is 0 Å². The molecule has 0 radical (unpaired) electrons. The zero-order valence-corrected chi connectivity index (χ0v) is 12.7. The van der Waals surface area contributed by atoms with Crippen molar-refractivity contribution < 1.29 is 0 Å². The molecule has 1 aliphatic rings. The number of hydrogen-bond acceptors (Lipinski definition) is 3. The molecule has 0 saturated heterocycles. The Morgan fingerprint density at radius 3 is 2.26 bits per heavy atom. The molecule has 0 unspecified atom stereocenters. The van der Waals surface area contributed by atoms with Gasteiger partial charge in [-0.15, -0.1) is 0 Å². The van der Waals surface area contributed by atoms with E-state index in [1.165, 1.54) is 11.1 Å². The van der Waals surface area contributed by atoms with Gasteiger partial charge in [-0.1, -0.05) is 54.6 Å². The third-order valence-corrected chi connectivity index (χ3v) is 4.11. The number of fused-ring (bicyclic) bond motifs is 1. The number of para-hydroxylation sites is 1. The summed E-state index contributed by atoms with van der Waals surface area (Å²) in [5.41, 5.74) is 10.5. The Bertz CT molecular complexity index is 924. The van der Waals surface area contributed by atoms with Gasteiger partial charge in [0.2, 0.25) is 0 Å². The molecule has 112 valence electrons. The first-order valence-corrected chi connectivity index (χ1v) is 7.81. The van der Waals surface area contributed by atoms with Gasteiger partial charge in [-0.2, -0.15) is 0 Å². The topological polar surface area (TPSA) is 51.8 Å². The Balaban J connectivity index is 1.86. The van der Waals surface area contributed by atoms with Gasteiger partial charge >= 0.3 is 0 Å². The van der Waals surface area contributed by atoms with Crippen LogP contribution in [0.2, 0.25) is 0 Å². The highest BCUT2D eigenvalue weighted by atomic mass is 14.9. The van der Waals surface area contributed by atoms with Crippen LogP contribution in [0.15, 0.2) is 66.7 Å². The normalized spacial score (nSPS) is 14.4. The van der Waals surface area contributed by atoms with E-state index in [0.29, 0.717) is 11.6 Å². The molecular formula is C20H17N3. The third-order valence-electron chi connectivity index (χ3n) is 4.11. The Morgan fingerprint density at radius 2 is 1.43 bits per heavy atom. The third kappa shape index (κ3) is 2.50. The van der Waals surface area contributed by atoms with Crippen LogP contribution in [-0.4, -0.2) is 9.97 Å². The number of aromatic nitrogens is 2. The van der Waals surface area contributed by atoms with Gasteiger partial charge in [0.15, 0.2) is 5.82 Å². The maximum Gasteiger partial charge on any atom is 0.162 e. The minimum Gasteiger partial charge on any atom is -0.383 e. The van der Waals surface area contributed by atoms with Gasteiger partial charge in [0.05, 0.1) is 5.52 Å². The van der Waals surface area contributed by atoms with Crippen molar-refractivity contribution in [2.45, 2.75) is 12.8 Å². The molecule has 2 aromatic carbocycles. The fourth-order valence-corrected chi connectivity index (χ4v) is 3.00. The first kappa shape index (κ1) is 13.7. The maximum absolute atomic E-state index is 6.15. The van der Waals surface area contributed by atoms with E-state index in [9.17, 15) is 0 Å². The van der Waals surface area contributed by atoms with Crippen LogP contribution in [0.1, 0.15) is 24.2 Å². The molecule has 0 bridgehead atoms. The summed E-state index contributed by atoms with van der Waals surface area (Å²) in [5, 5.41) is 0.901. The van der Waals surface area contributed by atoms with Crippen molar-refractivity contribution in [2.24, 2.45) is 0 Å². The molecule has 0 saturated carbocycles. The molecule has 0 fully saturated rings. The van der Waals surface area contributed by atoms with E-state index in [1.54, 1.807) is 0 Å². The Hall–Kier alpha value is -2.94. The van der Waals surface area contributed by atoms with Crippen molar-refractivity contribution in [1.29, 1.82) is 0 Å². The van der Waals surface area contributed by atoms with Gasteiger partial charge in [0.1, 0.15) is 5.82 Å². The molecule has 1 aliphatic carbocycles. The van der Waals surface area contributed by atoms with E-state index in [0.717, 1.165) is 29.3 Å². The van der Waals surface area contributed by atoms with Crippen molar-refractivity contribution in [3.05, 3.63) is 78.1 Å². The monoisotopic (exact) mass is 299 g/mol.